The molecule has 0 aliphatic heterocycles. The Morgan fingerprint density at radius 2 is 1.29 bits per heavy atom. The lowest BCUT2D eigenvalue weighted by atomic mass is 10.1. The summed E-state index contributed by atoms with van der Waals surface area (Å²) in [5.74, 6) is -0.935. The predicted molar refractivity (Wildman–Crippen MR) is 105 cm³/mol. The summed E-state index contributed by atoms with van der Waals surface area (Å²) in [6.07, 6.45) is 32.7. The monoisotopic (exact) mass is 328 g/mol. The molecule has 0 atom stereocenters. The molecule has 24 heavy (non-hydrogen) atoms. The quantitative estimate of drug-likeness (QED) is 0.170. The molecule has 0 aromatic carbocycles. The zero-order chi connectivity index (χ0) is 17.7. The molecule has 0 saturated carbocycles. The number of carboxylic acid groups (broad SMARTS) is 1. The normalized spacial score (nSPS) is 13.0. The van der Waals surface area contributed by atoms with Crippen molar-refractivity contribution in [2.45, 2.75) is 58.3 Å². The minimum atomic E-state index is -0.935. The summed E-state index contributed by atoms with van der Waals surface area (Å²) < 4.78 is 0. The number of unbranched alkanes of at least 4 members (excludes halogenated alkanes) is 6. The number of aliphatic carboxylic acids is 1. The highest BCUT2D eigenvalue weighted by atomic mass is 16.4. The van der Waals surface area contributed by atoms with E-state index in [9.17, 15) is 4.79 Å². The average molecular weight is 328 g/mol. The SMILES string of the molecule is CCCCCCCCC=CC/C=C\C=CC=CC=CC=CC(=O)O. The van der Waals surface area contributed by atoms with E-state index in [1.54, 1.807) is 12.2 Å². The standard InChI is InChI=1S/C22H32O2/c1-2-3-4-5-6-7-8-9-10-11-12-13-14-15-16-17-18-19-20-21-22(23)24/h9-10,12-21H,2-8,11H2,1H3,(H,23,24)/b10-9?,13-12-,15-14?,17-16?,19-18?,21-20?. The Bertz CT molecular complexity index is 462. The van der Waals surface area contributed by atoms with Crippen LogP contribution < -0.4 is 0 Å². The van der Waals surface area contributed by atoms with Gasteiger partial charge in [-0.2, -0.15) is 0 Å². The van der Waals surface area contributed by atoms with Crippen LogP contribution in [0.25, 0.3) is 0 Å². The van der Waals surface area contributed by atoms with Crippen molar-refractivity contribution in [2.75, 3.05) is 0 Å². The first-order valence-electron chi connectivity index (χ1n) is 8.98. The van der Waals surface area contributed by atoms with E-state index < -0.39 is 5.97 Å². The summed E-state index contributed by atoms with van der Waals surface area (Å²) in [5.41, 5.74) is 0. The van der Waals surface area contributed by atoms with Gasteiger partial charge in [-0.1, -0.05) is 106 Å². The molecule has 0 aliphatic rings. The number of rotatable bonds is 14. The zero-order valence-electron chi connectivity index (χ0n) is 14.9. The van der Waals surface area contributed by atoms with Crippen LogP contribution in [0, 0.1) is 0 Å². The summed E-state index contributed by atoms with van der Waals surface area (Å²) >= 11 is 0. The molecule has 0 fully saturated rings. The van der Waals surface area contributed by atoms with Gasteiger partial charge in [-0.05, 0) is 19.3 Å². The Kier molecular flexibility index (Phi) is 17.3. The molecule has 0 aliphatic carbocycles. The third kappa shape index (κ3) is 19.9. The first-order chi connectivity index (χ1) is 11.8. The van der Waals surface area contributed by atoms with Crippen LogP contribution in [0.1, 0.15) is 58.3 Å². The number of carbonyl (C=O) groups is 1. The van der Waals surface area contributed by atoms with E-state index in [4.69, 9.17) is 5.11 Å². The lowest BCUT2D eigenvalue weighted by Gasteiger charge is -1.97. The molecule has 0 radical (unpaired) electrons. The third-order valence-corrected chi connectivity index (χ3v) is 3.32. The maximum absolute atomic E-state index is 10.2. The summed E-state index contributed by atoms with van der Waals surface area (Å²) in [6.45, 7) is 2.25. The lowest BCUT2D eigenvalue weighted by molar-refractivity contribution is -0.131. The predicted octanol–water partition coefficient (Wildman–Crippen LogP) is 6.55. The molecule has 0 heterocycles. The van der Waals surface area contributed by atoms with Gasteiger partial charge in [0.05, 0.1) is 0 Å². The van der Waals surface area contributed by atoms with Gasteiger partial charge in [-0.15, -0.1) is 0 Å². The van der Waals surface area contributed by atoms with E-state index >= 15 is 0 Å². The van der Waals surface area contributed by atoms with Crippen molar-refractivity contribution in [3.8, 4) is 0 Å². The number of allylic oxidation sites excluding steroid dienone is 11. The molecule has 0 saturated heterocycles. The van der Waals surface area contributed by atoms with Crippen LogP contribution in [0.15, 0.2) is 72.9 Å². The average Bonchev–Trinajstić information content (AvgIpc) is 2.56. The Labute approximate surface area is 147 Å². The lowest BCUT2D eigenvalue weighted by Crippen LogP contribution is -1.84. The van der Waals surface area contributed by atoms with Crippen molar-refractivity contribution >= 4 is 5.97 Å². The Morgan fingerprint density at radius 1 is 0.708 bits per heavy atom. The second kappa shape index (κ2) is 19.0. The van der Waals surface area contributed by atoms with Crippen LogP contribution in [0.2, 0.25) is 0 Å². The van der Waals surface area contributed by atoms with Crippen LogP contribution in [0.4, 0.5) is 0 Å². The molecule has 0 spiro atoms. The molecular formula is C22H32O2. The van der Waals surface area contributed by atoms with Gasteiger partial charge in [0.2, 0.25) is 0 Å². The number of hydrogen-bond donors (Lipinski definition) is 1. The number of carboxylic acids is 1. The summed E-state index contributed by atoms with van der Waals surface area (Å²) in [6, 6.07) is 0. The smallest absolute Gasteiger partial charge is 0.328 e. The molecule has 0 aromatic heterocycles. The van der Waals surface area contributed by atoms with E-state index in [0.717, 1.165) is 12.5 Å². The van der Waals surface area contributed by atoms with E-state index in [1.807, 2.05) is 30.4 Å². The summed E-state index contributed by atoms with van der Waals surface area (Å²) in [4.78, 5) is 10.2. The highest BCUT2D eigenvalue weighted by Crippen LogP contribution is 2.07. The highest BCUT2D eigenvalue weighted by Gasteiger charge is 1.87. The van der Waals surface area contributed by atoms with Crippen LogP contribution in [-0.2, 0) is 4.79 Å². The topological polar surface area (TPSA) is 37.3 Å². The van der Waals surface area contributed by atoms with Gasteiger partial charge in [0.15, 0.2) is 0 Å². The van der Waals surface area contributed by atoms with Gasteiger partial charge in [0, 0.05) is 6.08 Å². The van der Waals surface area contributed by atoms with Gasteiger partial charge >= 0.3 is 5.97 Å². The van der Waals surface area contributed by atoms with E-state index in [2.05, 4.69) is 25.2 Å². The van der Waals surface area contributed by atoms with E-state index in [1.165, 1.54) is 51.0 Å². The Hall–Kier alpha value is -2.09. The molecule has 0 bridgehead atoms. The second-order valence-corrected chi connectivity index (χ2v) is 5.54. The molecular weight excluding hydrogens is 296 g/mol. The zero-order valence-corrected chi connectivity index (χ0v) is 14.9. The van der Waals surface area contributed by atoms with Gasteiger partial charge in [-0.3, -0.25) is 0 Å². The van der Waals surface area contributed by atoms with Crippen molar-refractivity contribution in [3.63, 3.8) is 0 Å². The molecule has 2 heteroatoms. The van der Waals surface area contributed by atoms with Crippen LogP contribution in [0.3, 0.4) is 0 Å². The van der Waals surface area contributed by atoms with Crippen LogP contribution >= 0.6 is 0 Å². The molecule has 0 aromatic rings. The Morgan fingerprint density at radius 3 is 1.96 bits per heavy atom. The molecule has 2 nitrogen and oxygen atoms in total. The fraction of sp³-hybridized carbons (Fsp3) is 0.409. The molecule has 132 valence electrons. The summed E-state index contributed by atoms with van der Waals surface area (Å²) in [5, 5.41) is 8.39. The van der Waals surface area contributed by atoms with E-state index in [-0.39, 0.29) is 0 Å². The fourth-order valence-electron chi connectivity index (χ4n) is 2.02. The molecule has 0 amide bonds. The molecule has 0 unspecified atom stereocenters. The minimum absolute atomic E-state index is 0.935. The van der Waals surface area contributed by atoms with Gasteiger partial charge in [0.25, 0.3) is 0 Å². The second-order valence-electron chi connectivity index (χ2n) is 5.54. The Balaban J connectivity index is 3.57. The first kappa shape index (κ1) is 21.9. The van der Waals surface area contributed by atoms with Crippen molar-refractivity contribution < 1.29 is 9.90 Å². The van der Waals surface area contributed by atoms with Crippen molar-refractivity contribution in [2.24, 2.45) is 0 Å². The largest absolute Gasteiger partial charge is 0.478 e. The van der Waals surface area contributed by atoms with Crippen LogP contribution in [0.5, 0.6) is 0 Å². The third-order valence-electron chi connectivity index (χ3n) is 3.32. The fourth-order valence-corrected chi connectivity index (χ4v) is 2.02. The first-order valence-corrected chi connectivity index (χ1v) is 8.98. The van der Waals surface area contributed by atoms with Crippen molar-refractivity contribution in [1.29, 1.82) is 0 Å². The molecule has 0 rings (SSSR count). The molecule has 1 N–H and O–H groups in total. The summed E-state index contributed by atoms with van der Waals surface area (Å²) in [7, 11) is 0. The van der Waals surface area contributed by atoms with Gasteiger partial charge in [0.1, 0.15) is 0 Å². The highest BCUT2D eigenvalue weighted by molar-refractivity contribution is 5.80. The van der Waals surface area contributed by atoms with Crippen molar-refractivity contribution in [1.82, 2.24) is 0 Å². The maximum atomic E-state index is 10.2. The van der Waals surface area contributed by atoms with Gasteiger partial charge in [-0.25, -0.2) is 4.79 Å². The van der Waals surface area contributed by atoms with Crippen molar-refractivity contribution in [3.05, 3.63) is 72.9 Å². The number of hydrogen-bond acceptors (Lipinski definition) is 1. The maximum Gasteiger partial charge on any atom is 0.328 e. The van der Waals surface area contributed by atoms with Gasteiger partial charge < -0.3 is 5.11 Å². The van der Waals surface area contributed by atoms with E-state index in [0.29, 0.717) is 0 Å². The van der Waals surface area contributed by atoms with Crippen LogP contribution in [-0.4, -0.2) is 11.1 Å². The minimum Gasteiger partial charge on any atom is -0.478 e.